The number of benzene rings is 1. The van der Waals surface area contributed by atoms with Crippen molar-refractivity contribution in [3.05, 3.63) is 28.7 Å². The molecule has 0 bridgehead atoms. The minimum atomic E-state index is -0.361. The molecule has 0 heterocycles. The Hall–Kier alpha value is -0.580. The number of hydrogen-bond acceptors (Lipinski definition) is 3. The van der Waals surface area contributed by atoms with E-state index in [4.69, 9.17) is 4.74 Å². The Bertz CT molecular complexity index is 333. The summed E-state index contributed by atoms with van der Waals surface area (Å²) in [7, 11) is 1.66. The monoisotopic (exact) mass is 287 g/mol. The number of nitrogens with one attached hydrogen (secondary N) is 1. The fourth-order valence-electron chi connectivity index (χ4n) is 1.40. The van der Waals surface area contributed by atoms with Gasteiger partial charge in [-0.2, -0.15) is 0 Å². The van der Waals surface area contributed by atoms with Crippen molar-refractivity contribution < 1.29 is 9.84 Å². The van der Waals surface area contributed by atoms with E-state index in [-0.39, 0.29) is 12.1 Å². The SMILES string of the molecule is COCCC(C)(CO)Nc1ccccc1Br. The minimum Gasteiger partial charge on any atom is -0.394 e. The number of aliphatic hydroxyl groups excluding tert-OH is 1. The summed E-state index contributed by atoms with van der Waals surface area (Å²) in [4.78, 5) is 0. The lowest BCUT2D eigenvalue weighted by atomic mass is 9.99. The molecule has 0 aliphatic rings. The lowest BCUT2D eigenvalue weighted by Gasteiger charge is -2.30. The van der Waals surface area contributed by atoms with E-state index in [1.807, 2.05) is 31.2 Å². The molecule has 0 aliphatic heterocycles. The number of ether oxygens (including phenoxy) is 1. The van der Waals surface area contributed by atoms with E-state index < -0.39 is 0 Å². The third-order valence-corrected chi connectivity index (χ3v) is 3.21. The molecule has 1 atom stereocenters. The number of para-hydroxylation sites is 1. The first-order valence-corrected chi connectivity index (χ1v) is 6.03. The molecule has 0 fully saturated rings. The molecule has 1 aromatic carbocycles. The average molecular weight is 288 g/mol. The molecule has 0 saturated heterocycles. The van der Waals surface area contributed by atoms with Gasteiger partial charge in [-0.1, -0.05) is 12.1 Å². The topological polar surface area (TPSA) is 41.5 Å². The van der Waals surface area contributed by atoms with Gasteiger partial charge in [-0.05, 0) is 41.4 Å². The molecule has 0 spiro atoms. The molecule has 3 nitrogen and oxygen atoms in total. The molecule has 0 saturated carbocycles. The maximum absolute atomic E-state index is 9.43. The molecular formula is C12H18BrNO2. The predicted molar refractivity (Wildman–Crippen MR) is 69.7 cm³/mol. The molecule has 1 rings (SSSR count). The third-order valence-electron chi connectivity index (χ3n) is 2.52. The molecule has 0 aromatic heterocycles. The van der Waals surface area contributed by atoms with Crippen molar-refractivity contribution in [3.8, 4) is 0 Å². The second-order valence-electron chi connectivity index (χ2n) is 4.07. The molecule has 0 amide bonds. The van der Waals surface area contributed by atoms with Gasteiger partial charge in [0.25, 0.3) is 0 Å². The number of anilines is 1. The second kappa shape index (κ2) is 6.23. The van der Waals surface area contributed by atoms with E-state index in [0.717, 1.165) is 16.6 Å². The maximum atomic E-state index is 9.43. The van der Waals surface area contributed by atoms with Gasteiger partial charge in [-0.25, -0.2) is 0 Å². The van der Waals surface area contributed by atoms with Crippen molar-refractivity contribution in [2.24, 2.45) is 0 Å². The highest BCUT2D eigenvalue weighted by Crippen LogP contribution is 2.26. The summed E-state index contributed by atoms with van der Waals surface area (Å²) in [5.41, 5.74) is 0.620. The average Bonchev–Trinajstić information content (AvgIpc) is 2.30. The van der Waals surface area contributed by atoms with Crippen LogP contribution in [0.5, 0.6) is 0 Å². The van der Waals surface area contributed by atoms with Gasteiger partial charge in [0.15, 0.2) is 0 Å². The van der Waals surface area contributed by atoms with E-state index in [2.05, 4.69) is 21.2 Å². The smallest absolute Gasteiger partial charge is 0.0659 e. The van der Waals surface area contributed by atoms with E-state index in [9.17, 15) is 5.11 Å². The van der Waals surface area contributed by atoms with Gasteiger partial charge in [-0.3, -0.25) is 0 Å². The van der Waals surface area contributed by atoms with Crippen LogP contribution in [0.3, 0.4) is 0 Å². The summed E-state index contributed by atoms with van der Waals surface area (Å²) in [6.07, 6.45) is 0.751. The number of halogens is 1. The number of aliphatic hydroxyl groups is 1. The van der Waals surface area contributed by atoms with Crippen LogP contribution in [0, 0.1) is 0 Å². The fourth-order valence-corrected chi connectivity index (χ4v) is 1.78. The normalized spacial score (nSPS) is 14.5. The van der Waals surface area contributed by atoms with Gasteiger partial charge in [0.2, 0.25) is 0 Å². The second-order valence-corrected chi connectivity index (χ2v) is 4.92. The van der Waals surface area contributed by atoms with E-state index in [0.29, 0.717) is 6.61 Å². The number of hydrogen-bond donors (Lipinski definition) is 2. The standard InChI is InChI=1S/C12H18BrNO2/c1-12(9-15,7-8-16-2)14-11-6-4-3-5-10(11)13/h3-6,14-15H,7-9H2,1-2H3. The summed E-state index contributed by atoms with van der Waals surface area (Å²) >= 11 is 3.47. The van der Waals surface area contributed by atoms with Crippen molar-refractivity contribution in [2.45, 2.75) is 18.9 Å². The van der Waals surface area contributed by atoms with Gasteiger partial charge in [0.05, 0.1) is 12.1 Å². The zero-order chi connectivity index (χ0) is 12.0. The van der Waals surface area contributed by atoms with E-state index >= 15 is 0 Å². The predicted octanol–water partition coefficient (Wildman–Crippen LogP) is 2.65. The zero-order valence-corrected chi connectivity index (χ0v) is 11.3. The molecule has 0 radical (unpaired) electrons. The van der Waals surface area contributed by atoms with Crippen molar-refractivity contribution in [1.29, 1.82) is 0 Å². The number of methoxy groups -OCH3 is 1. The summed E-state index contributed by atoms with van der Waals surface area (Å²) in [6, 6.07) is 7.86. The van der Waals surface area contributed by atoms with E-state index in [1.54, 1.807) is 7.11 Å². The molecule has 4 heteroatoms. The number of rotatable bonds is 6. The first kappa shape index (κ1) is 13.5. The lowest BCUT2D eigenvalue weighted by molar-refractivity contribution is 0.146. The van der Waals surface area contributed by atoms with Crippen LogP contribution < -0.4 is 5.32 Å². The third kappa shape index (κ3) is 3.77. The van der Waals surface area contributed by atoms with Gasteiger partial charge in [0.1, 0.15) is 0 Å². The summed E-state index contributed by atoms with van der Waals surface area (Å²) in [6.45, 7) is 2.66. The van der Waals surface area contributed by atoms with Crippen LogP contribution in [0.25, 0.3) is 0 Å². The van der Waals surface area contributed by atoms with Crippen molar-refractivity contribution in [1.82, 2.24) is 0 Å². The Labute approximate surface area is 105 Å². The van der Waals surface area contributed by atoms with Crippen molar-refractivity contribution in [3.63, 3.8) is 0 Å². The van der Waals surface area contributed by atoms with E-state index in [1.165, 1.54) is 0 Å². The van der Waals surface area contributed by atoms with Gasteiger partial charge >= 0.3 is 0 Å². The highest BCUT2D eigenvalue weighted by Gasteiger charge is 2.23. The van der Waals surface area contributed by atoms with Gasteiger partial charge in [0, 0.05) is 23.9 Å². The first-order chi connectivity index (χ1) is 7.61. The van der Waals surface area contributed by atoms with Crippen LogP contribution in [0.2, 0.25) is 0 Å². The Morgan fingerprint density at radius 1 is 1.44 bits per heavy atom. The lowest BCUT2D eigenvalue weighted by Crippen LogP contribution is -2.40. The molecule has 0 aliphatic carbocycles. The van der Waals surface area contributed by atoms with Crippen LogP contribution in [0.1, 0.15) is 13.3 Å². The Kier molecular flexibility index (Phi) is 5.25. The van der Waals surface area contributed by atoms with Crippen LogP contribution in [-0.2, 0) is 4.74 Å². The molecule has 90 valence electrons. The van der Waals surface area contributed by atoms with Crippen molar-refractivity contribution in [2.75, 3.05) is 25.6 Å². The van der Waals surface area contributed by atoms with Crippen LogP contribution in [0.4, 0.5) is 5.69 Å². The molecular weight excluding hydrogens is 270 g/mol. The van der Waals surface area contributed by atoms with Crippen LogP contribution >= 0.6 is 15.9 Å². The highest BCUT2D eigenvalue weighted by molar-refractivity contribution is 9.10. The summed E-state index contributed by atoms with van der Waals surface area (Å²) < 4.78 is 6.04. The fraction of sp³-hybridized carbons (Fsp3) is 0.500. The Balaban J connectivity index is 2.72. The van der Waals surface area contributed by atoms with Gasteiger partial charge < -0.3 is 15.2 Å². The van der Waals surface area contributed by atoms with Crippen molar-refractivity contribution >= 4 is 21.6 Å². The highest BCUT2D eigenvalue weighted by atomic mass is 79.9. The Morgan fingerprint density at radius 2 is 2.12 bits per heavy atom. The minimum absolute atomic E-state index is 0.0672. The maximum Gasteiger partial charge on any atom is 0.0659 e. The van der Waals surface area contributed by atoms with Crippen LogP contribution in [0.15, 0.2) is 28.7 Å². The molecule has 16 heavy (non-hydrogen) atoms. The molecule has 1 unspecified atom stereocenters. The van der Waals surface area contributed by atoms with Crippen LogP contribution in [-0.4, -0.2) is 31.0 Å². The summed E-state index contributed by atoms with van der Waals surface area (Å²) in [5.74, 6) is 0. The quantitative estimate of drug-likeness (QED) is 0.845. The largest absolute Gasteiger partial charge is 0.394 e. The molecule has 2 N–H and O–H groups in total. The van der Waals surface area contributed by atoms with Gasteiger partial charge in [-0.15, -0.1) is 0 Å². The first-order valence-electron chi connectivity index (χ1n) is 5.24. The summed E-state index contributed by atoms with van der Waals surface area (Å²) in [5, 5.41) is 12.8. The Morgan fingerprint density at radius 3 is 2.69 bits per heavy atom. The zero-order valence-electron chi connectivity index (χ0n) is 9.66. The molecule has 1 aromatic rings.